The fourth-order valence-corrected chi connectivity index (χ4v) is 1.84. The molecule has 1 unspecified atom stereocenters. The van der Waals surface area contributed by atoms with Crippen LogP contribution in [-0.2, 0) is 4.74 Å². The molecule has 0 fully saturated rings. The number of carbonyl (C=O) groups excluding carboxylic acids is 2. The Morgan fingerprint density at radius 1 is 1.18 bits per heavy atom. The van der Waals surface area contributed by atoms with E-state index in [0.29, 0.717) is 11.4 Å². The average molecular weight is 308 g/mol. The third-order valence-electron chi connectivity index (χ3n) is 2.72. The molecule has 0 saturated carbocycles. The van der Waals surface area contributed by atoms with Crippen molar-refractivity contribution in [3.8, 4) is 5.75 Å². The van der Waals surface area contributed by atoms with Crippen molar-refractivity contribution in [1.82, 2.24) is 5.32 Å². The molecule has 0 saturated heterocycles. The molecule has 1 atom stereocenters. The lowest BCUT2D eigenvalue weighted by Crippen LogP contribution is -2.34. The average Bonchev–Trinajstić information content (AvgIpc) is 2.37. The highest BCUT2D eigenvalue weighted by Gasteiger charge is 2.10. The van der Waals surface area contributed by atoms with Gasteiger partial charge >= 0.3 is 12.2 Å². The number of ether oxygens (including phenoxy) is 2. The number of amides is 2. The van der Waals surface area contributed by atoms with Gasteiger partial charge in [-0.3, -0.25) is 5.32 Å². The topological polar surface area (TPSA) is 76.7 Å². The maximum absolute atomic E-state index is 11.7. The predicted octanol–water partition coefficient (Wildman–Crippen LogP) is 3.92. The normalized spacial score (nSPS) is 11.7. The summed E-state index contributed by atoms with van der Waals surface area (Å²) >= 11 is 0. The minimum Gasteiger partial charge on any atom is -0.447 e. The van der Waals surface area contributed by atoms with Gasteiger partial charge in [0.25, 0.3) is 0 Å². The van der Waals surface area contributed by atoms with Gasteiger partial charge in [-0.05, 0) is 39.3 Å². The summed E-state index contributed by atoms with van der Waals surface area (Å²) in [6, 6.07) is 6.63. The number of carbonyl (C=O) groups is 2. The van der Waals surface area contributed by atoms with Crippen molar-refractivity contribution in [2.75, 3.05) is 5.32 Å². The Labute approximate surface area is 131 Å². The summed E-state index contributed by atoms with van der Waals surface area (Å²) < 4.78 is 10.2. The number of rotatable bonds is 6. The Morgan fingerprint density at radius 3 is 2.55 bits per heavy atom. The lowest BCUT2D eigenvalue weighted by atomic mass is 10.2. The summed E-state index contributed by atoms with van der Waals surface area (Å²) in [5.74, 6) is 0.351. The van der Waals surface area contributed by atoms with E-state index in [1.165, 1.54) is 0 Å². The number of hydrogen-bond donors (Lipinski definition) is 2. The molecule has 0 bridgehead atoms. The first kappa shape index (κ1) is 17.8. The summed E-state index contributed by atoms with van der Waals surface area (Å²) in [7, 11) is 0. The molecule has 0 aliphatic carbocycles. The van der Waals surface area contributed by atoms with Crippen molar-refractivity contribution in [1.29, 1.82) is 0 Å². The standard InChI is InChI=1S/C16H24N2O4/c1-5-7-12(4)17-15(19)22-14-9-6-8-13(10-14)18-16(20)21-11(2)3/h6,8-12H,5,7H2,1-4H3,(H,17,19)(H,18,20). The quantitative estimate of drug-likeness (QED) is 0.835. The summed E-state index contributed by atoms with van der Waals surface area (Å²) in [4.78, 5) is 23.3. The number of nitrogens with one attached hydrogen (secondary N) is 2. The summed E-state index contributed by atoms with van der Waals surface area (Å²) in [6.07, 6.45) is 0.609. The van der Waals surface area contributed by atoms with Gasteiger partial charge in [0, 0.05) is 17.8 Å². The minimum absolute atomic E-state index is 0.0554. The van der Waals surface area contributed by atoms with Crippen LogP contribution in [0.15, 0.2) is 24.3 Å². The van der Waals surface area contributed by atoms with Crippen LogP contribution >= 0.6 is 0 Å². The van der Waals surface area contributed by atoms with E-state index in [4.69, 9.17) is 9.47 Å². The van der Waals surface area contributed by atoms with E-state index >= 15 is 0 Å². The SMILES string of the molecule is CCCC(C)NC(=O)Oc1cccc(NC(=O)OC(C)C)c1. The van der Waals surface area contributed by atoms with Crippen LogP contribution < -0.4 is 15.4 Å². The molecule has 122 valence electrons. The summed E-state index contributed by atoms with van der Waals surface area (Å²) in [5.41, 5.74) is 0.498. The lowest BCUT2D eigenvalue weighted by Gasteiger charge is -2.13. The molecule has 2 amide bonds. The van der Waals surface area contributed by atoms with Gasteiger partial charge < -0.3 is 14.8 Å². The molecule has 0 aliphatic rings. The van der Waals surface area contributed by atoms with E-state index in [0.717, 1.165) is 12.8 Å². The van der Waals surface area contributed by atoms with Gasteiger partial charge in [-0.1, -0.05) is 19.4 Å². The Bertz CT molecular complexity index is 503. The highest BCUT2D eigenvalue weighted by molar-refractivity contribution is 5.85. The monoisotopic (exact) mass is 308 g/mol. The Balaban J connectivity index is 2.56. The smallest absolute Gasteiger partial charge is 0.412 e. The third-order valence-corrected chi connectivity index (χ3v) is 2.72. The van der Waals surface area contributed by atoms with Gasteiger partial charge in [0.1, 0.15) is 5.75 Å². The van der Waals surface area contributed by atoms with Crippen LogP contribution in [0, 0.1) is 0 Å². The largest absolute Gasteiger partial charge is 0.447 e. The van der Waals surface area contributed by atoms with Gasteiger partial charge in [-0.15, -0.1) is 0 Å². The van der Waals surface area contributed by atoms with Crippen LogP contribution in [-0.4, -0.2) is 24.3 Å². The molecule has 0 aliphatic heterocycles. The maximum Gasteiger partial charge on any atom is 0.412 e. The Morgan fingerprint density at radius 2 is 1.91 bits per heavy atom. The van der Waals surface area contributed by atoms with E-state index in [1.807, 2.05) is 6.92 Å². The second kappa shape index (κ2) is 8.92. The van der Waals surface area contributed by atoms with E-state index in [2.05, 4.69) is 17.6 Å². The number of anilines is 1. The lowest BCUT2D eigenvalue weighted by molar-refractivity contribution is 0.130. The zero-order valence-corrected chi connectivity index (χ0v) is 13.5. The molecule has 2 N–H and O–H groups in total. The van der Waals surface area contributed by atoms with Crippen LogP contribution in [0.25, 0.3) is 0 Å². The van der Waals surface area contributed by atoms with Gasteiger partial charge in [-0.2, -0.15) is 0 Å². The Hall–Kier alpha value is -2.24. The van der Waals surface area contributed by atoms with E-state index in [9.17, 15) is 9.59 Å². The van der Waals surface area contributed by atoms with Crippen LogP contribution in [0.5, 0.6) is 5.75 Å². The first-order valence-electron chi connectivity index (χ1n) is 7.46. The molecule has 1 aromatic carbocycles. The zero-order valence-electron chi connectivity index (χ0n) is 13.5. The highest BCUT2D eigenvalue weighted by Crippen LogP contribution is 2.18. The first-order valence-corrected chi connectivity index (χ1v) is 7.46. The third kappa shape index (κ3) is 6.97. The number of hydrogen-bond acceptors (Lipinski definition) is 4. The molecule has 0 aromatic heterocycles. The van der Waals surface area contributed by atoms with Crippen molar-refractivity contribution >= 4 is 17.9 Å². The molecule has 0 heterocycles. The molecule has 0 radical (unpaired) electrons. The fourth-order valence-electron chi connectivity index (χ4n) is 1.84. The minimum atomic E-state index is -0.548. The van der Waals surface area contributed by atoms with E-state index in [1.54, 1.807) is 38.1 Å². The molecule has 6 heteroatoms. The molecule has 1 rings (SSSR count). The second-order valence-electron chi connectivity index (χ2n) is 5.33. The van der Waals surface area contributed by atoms with E-state index < -0.39 is 12.2 Å². The van der Waals surface area contributed by atoms with Gasteiger partial charge in [-0.25, -0.2) is 9.59 Å². The predicted molar refractivity (Wildman–Crippen MR) is 85.2 cm³/mol. The van der Waals surface area contributed by atoms with Crippen molar-refractivity contribution in [2.45, 2.75) is 52.7 Å². The van der Waals surface area contributed by atoms with Crippen molar-refractivity contribution in [3.63, 3.8) is 0 Å². The van der Waals surface area contributed by atoms with Crippen molar-refractivity contribution < 1.29 is 19.1 Å². The molecule has 6 nitrogen and oxygen atoms in total. The number of benzene rings is 1. The summed E-state index contributed by atoms with van der Waals surface area (Å²) in [5, 5.41) is 5.32. The fraction of sp³-hybridized carbons (Fsp3) is 0.500. The summed E-state index contributed by atoms with van der Waals surface area (Å²) in [6.45, 7) is 7.50. The van der Waals surface area contributed by atoms with E-state index in [-0.39, 0.29) is 12.1 Å². The van der Waals surface area contributed by atoms with Crippen LogP contribution in [0.4, 0.5) is 15.3 Å². The zero-order chi connectivity index (χ0) is 16.5. The second-order valence-corrected chi connectivity index (χ2v) is 5.33. The molecular formula is C16H24N2O4. The van der Waals surface area contributed by atoms with Crippen LogP contribution in [0.1, 0.15) is 40.5 Å². The van der Waals surface area contributed by atoms with Crippen molar-refractivity contribution in [3.05, 3.63) is 24.3 Å². The molecule has 22 heavy (non-hydrogen) atoms. The van der Waals surface area contributed by atoms with Gasteiger partial charge in [0.05, 0.1) is 6.10 Å². The van der Waals surface area contributed by atoms with Gasteiger partial charge in [0.2, 0.25) is 0 Å². The van der Waals surface area contributed by atoms with Crippen LogP contribution in [0.3, 0.4) is 0 Å². The van der Waals surface area contributed by atoms with Crippen LogP contribution in [0.2, 0.25) is 0 Å². The highest BCUT2D eigenvalue weighted by atomic mass is 16.6. The Kier molecular flexibility index (Phi) is 7.22. The first-order chi connectivity index (χ1) is 10.4. The molecular weight excluding hydrogens is 284 g/mol. The van der Waals surface area contributed by atoms with Crippen molar-refractivity contribution in [2.24, 2.45) is 0 Å². The molecule has 0 spiro atoms. The maximum atomic E-state index is 11.7. The van der Waals surface area contributed by atoms with Gasteiger partial charge in [0.15, 0.2) is 0 Å². The molecule has 1 aromatic rings.